The molecule has 0 aromatic carbocycles. The SMILES string of the molecule is CCCNCc1nc(C)ccc1OCc1noc(CC)n1. The van der Waals surface area contributed by atoms with Crippen LogP contribution in [0.4, 0.5) is 0 Å². The number of pyridine rings is 1. The highest BCUT2D eigenvalue weighted by Crippen LogP contribution is 2.18. The molecule has 0 spiro atoms. The first kappa shape index (κ1) is 15.4. The van der Waals surface area contributed by atoms with Gasteiger partial charge in [-0.2, -0.15) is 4.98 Å². The van der Waals surface area contributed by atoms with Crippen molar-refractivity contribution in [3.8, 4) is 5.75 Å². The first-order chi connectivity index (χ1) is 10.2. The molecule has 0 radical (unpaired) electrons. The molecule has 2 aromatic heterocycles. The summed E-state index contributed by atoms with van der Waals surface area (Å²) in [4.78, 5) is 8.75. The molecular formula is C15H22N4O2. The maximum Gasteiger partial charge on any atom is 0.226 e. The summed E-state index contributed by atoms with van der Waals surface area (Å²) in [6, 6.07) is 3.87. The predicted molar refractivity (Wildman–Crippen MR) is 79.0 cm³/mol. The second kappa shape index (κ2) is 7.73. The Balaban J connectivity index is 2.00. The van der Waals surface area contributed by atoms with Crippen LogP contribution in [0, 0.1) is 6.92 Å². The largest absolute Gasteiger partial charge is 0.484 e. The van der Waals surface area contributed by atoms with E-state index in [1.807, 2.05) is 26.0 Å². The van der Waals surface area contributed by atoms with Gasteiger partial charge in [0, 0.05) is 18.7 Å². The topological polar surface area (TPSA) is 73.1 Å². The van der Waals surface area contributed by atoms with Crippen LogP contribution in [0.2, 0.25) is 0 Å². The van der Waals surface area contributed by atoms with Gasteiger partial charge in [-0.05, 0) is 32.0 Å². The summed E-state index contributed by atoms with van der Waals surface area (Å²) < 4.78 is 10.8. The number of rotatable bonds is 8. The average Bonchev–Trinajstić information content (AvgIpc) is 2.95. The van der Waals surface area contributed by atoms with Gasteiger partial charge < -0.3 is 14.6 Å². The Bertz CT molecular complexity index is 569. The summed E-state index contributed by atoms with van der Waals surface area (Å²) in [6.07, 6.45) is 1.82. The maximum absolute atomic E-state index is 5.78. The van der Waals surface area contributed by atoms with Crippen LogP contribution in [0.15, 0.2) is 16.7 Å². The molecule has 6 nitrogen and oxygen atoms in total. The standard InChI is InChI=1S/C15H22N4O2/c1-4-8-16-9-12-13(7-6-11(3)17-12)20-10-14-18-15(5-2)21-19-14/h6-7,16H,4-5,8-10H2,1-3H3. The molecule has 0 fully saturated rings. The van der Waals surface area contributed by atoms with E-state index in [0.29, 0.717) is 18.3 Å². The summed E-state index contributed by atoms with van der Waals surface area (Å²) in [5.74, 6) is 1.94. The lowest BCUT2D eigenvalue weighted by Gasteiger charge is -2.10. The van der Waals surface area contributed by atoms with Crippen LogP contribution in [0.25, 0.3) is 0 Å². The number of aryl methyl sites for hydroxylation is 2. The highest BCUT2D eigenvalue weighted by molar-refractivity contribution is 5.29. The van der Waals surface area contributed by atoms with Crippen LogP contribution in [0.5, 0.6) is 5.75 Å². The number of nitrogens with one attached hydrogen (secondary N) is 1. The molecule has 0 unspecified atom stereocenters. The quantitative estimate of drug-likeness (QED) is 0.753. The summed E-state index contributed by atoms with van der Waals surface area (Å²) >= 11 is 0. The molecule has 0 bridgehead atoms. The lowest BCUT2D eigenvalue weighted by atomic mass is 10.2. The van der Waals surface area contributed by atoms with Gasteiger partial charge in [0.1, 0.15) is 5.75 Å². The van der Waals surface area contributed by atoms with E-state index in [1.54, 1.807) is 0 Å². The Morgan fingerprint density at radius 2 is 2.10 bits per heavy atom. The normalized spacial score (nSPS) is 10.8. The molecule has 0 atom stereocenters. The van der Waals surface area contributed by atoms with Crippen LogP contribution in [0.1, 0.15) is 43.4 Å². The zero-order chi connectivity index (χ0) is 15.1. The monoisotopic (exact) mass is 290 g/mol. The number of nitrogens with zero attached hydrogens (tertiary/aromatic N) is 3. The molecule has 2 heterocycles. The van der Waals surface area contributed by atoms with E-state index in [9.17, 15) is 0 Å². The van der Waals surface area contributed by atoms with E-state index in [1.165, 1.54) is 0 Å². The number of ether oxygens (including phenoxy) is 1. The third kappa shape index (κ3) is 4.53. The van der Waals surface area contributed by atoms with Gasteiger partial charge in [-0.15, -0.1) is 0 Å². The molecule has 2 aromatic rings. The molecular weight excluding hydrogens is 268 g/mol. The Labute approximate surface area is 124 Å². The molecule has 0 saturated heterocycles. The van der Waals surface area contributed by atoms with Crippen LogP contribution < -0.4 is 10.1 Å². The van der Waals surface area contributed by atoms with Crippen molar-refractivity contribution in [3.05, 3.63) is 35.2 Å². The van der Waals surface area contributed by atoms with Gasteiger partial charge in [0.2, 0.25) is 11.7 Å². The Hall–Kier alpha value is -1.95. The van der Waals surface area contributed by atoms with Crippen molar-refractivity contribution in [2.24, 2.45) is 0 Å². The van der Waals surface area contributed by atoms with Crippen molar-refractivity contribution in [1.82, 2.24) is 20.4 Å². The van der Waals surface area contributed by atoms with Crippen LogP contribution in [0.3, 0.4) is 0 Å². The fourth-order valence-electron chi connectivity index (χ4n) is 1.87. The first-order valence-electron chi connectivity index (χ1n) is 7.34. The summed E-state index contributed by atoms with van der Waals surface area (Å²) in [5, 5.41) is 7.22. The Morgan fingerprint density at radius 3 is 2.81 bits per heavy atom. The molecule has 0 amide bonds. The fourth-order valence-corrected chi connectivity index (χ4v) is 1.87. The molecule has 0 saturated carbocycles. The van der Waals surface area contributed by atoms with E-state index in [-0.39, 0.29) is 6.61 Å². The molecule has 21 heavy (non-hydrogen) atoms. The lowest BCUT2D eigenvalue weighted by Crippen LogP contribution is -2.16. The van der Waals surface area contributed by atoms with Gasteiger partial charge in [-0.1, -0.05) is 19.0 Å². The molecule has 0 aliphatic rings. The highest BCUT2D eigenvalue weighted by atomic mass is 16.5. The third-order valence-electron chi connectivity index (χ3n) is 2.96. The molecule has 114 valence electrons. The lowest BCUT2D eigenvalue weighted by molar-refractivity contribution is 0.280. The Kier molecular flexibility index (Phi) is 5.68. The third-order valence-corrected chi connectivity index (χ3v) is 2.96. The van der Waals surface area contributed by atoms with E-state index in [0.717, 1.165) is 36.5 Å². The number of aromatic nitrogens is 3. The van der Waals surface area contributed by atoms with Crippen LogP contribution in [-0.4, -0.2) is 21.7 Å². The van der Waals surface area contributed by atoms with Gasteiger partial charge in [0.05, 0.1) is 5.69 Å². The Morgan fingerprint density at radius 1 is 1.24 bits per heavy atom. The van der Waals surface area contributed by atoms with Crippen molar-refractivity contribution in [2.75, 3.05) is 6.54 Å². The first-order valence-corrected chi connectivity index (χ1v) is 7.34. The molecule has 0 aliphatic heterocycles. The van der Waals surface area contributed by atoms with Gasteiger partial charge >= 0.3 is 0 Å². The van der Waals surface area contributed by atoms with Crippen molar-refractivity contribution in [3.63, 3.8) is 0 Å². The summed E-state index contributed by atoms with van der Waals surface area (Å²) in [5.41, 5.74) is 1.88. The van der Waals surface area contributed by atoms with Crippen molar-refractivity contribution < 1.29 is 9.26 Å². The number of hydrogen-bond donors (Lipinski definition) is 1. The zero-order valence-electron chi connectivity index (χ0n) is 12.8. The van der Waals surface area contributed by atoms with Gasteiger partial charge in [-0.25, -0.2) is 0 Å². The zero-order valence-corrected chi connectivity index (χ0v) is 12.8. The van der Waals surface area contributed by atoms with Crippen LogP contribution >= 0.6 is 0 Å². The minimum absolute atomic E-state index is 0.287. The molecule has 0 aliphatic carbocycles. The smallest absolute Gasteiger partial charge is 0.226 e. The second-order valence-corrected chi connectivity index (χ2v) is 4.82. The molecule has 1 N–H and O–H groups in total. The van der Waals surface area contributed by atoms with Crippen molar-refractivity contribution >= 4 is 0 Å². The second-order valence-electron chi connectivity index (χ2n) is 4.82. The van der Waals surface area contributed by atoms with E-state index in [4.69, 9.17) is 9.26 Å². The van der Waals surface area contributed by atoms with Gasteiger partial charge in [0.15, 0.2) is 6.61 Å². The van der Waals surface area contributed by atoms with Gasteiger partial charge in [-0.3, -0.25) is 4.98 Å². The summed E-state index contributed by atoms with van der Waals surface area (Å²) in [7, 11) is 0. The number of hydrogen-bond acceptors (Lipinski definition) is 6. The minimum Gasteiger partial charge on any atom is -0.484 e. The predicted octanol–water partition coefficient (Wildman–Crippen LogP) is 2.41. The van der Waals surface area contributed by atoms with Gasteiger partial charge in [0.25, 0.3) is 0 Å². The maximum atomic E-state index is 5.78. The van der Waals surface area contributed by atoms with E-state index < -0.39 is 0 Å². The van der Waals surface area contributed by atoms with Crippen molar-refractivity contribution in [2.45, 2.75) is 46.8 Å². The van der Waals surface area contributed by atoms with Crippen LogP contribution in [-0.2, 0) is 19.6 Å². The van der Waals surface area contributed by atoms with Crippen molar-refractivity contribution in [1.29, 1.82) is 0 Å². The van der Waals surface area contributed by atoms with E-state index in [2.05, 4.69) is 27.4 Å². The average molecular weight is 290 g/mol. The molecule has 6 heteroatoms. The summed E-state index contributed by atoms with van der Waals surface area (Å²) in [6.45, 7) is 8.01. The highest BCUT2D eigenvalue weighted by Gasteiger charge is 2.09. The molecule has 2 rings (SSSR count). The minimum atomic E-state index is 0.287. The van der Waals surface area contributed by atoms with E-state index >= 15 is 0 Å². The fraction of sp³-hybridized carbons (Fsp3) is 0.533.